The average molecular weight is 391 g/mol. The van der Waals surface area contributed by atoms with Crippen LogP contribution < -0.4 is 0 Å². The van der Waals surface area contributed by atoms with E-state index in [1.54, 1.807) is 12.3 Å². The molecule has 29 heavy (non-hydrogen) atoms. The van der Waals surface area contributed by atoms with Crippen molar-refractivity contribution < 1.29 is 9.90 Å². The number of carboxylic acid groups (broad SMARTS) is 1. The average Bonchev–Trinajstić information content (AvgIpc) is 3.05. The van der Waals surface area contributed by atoms with E-state index in [1.807, 2.05) is 18.3 Å². The molecule has 0 aliphatic heterocycles. The molecule has 4 rings (SSSR count). The number of fused-ring (bicyclic) bond motifs is 3. The molecule has 1 atom stereocenters. The molecule has 152 valence electrons. The van der Waals surface area contributed by atoms with Crippen LogP contribution in [0.4, 0.5) is 0 Å². The molecule has 0 radical (unpaired) electrons. The fourth-order valence-electron chi connectivity index (χ4n) is 4.89. The molecule has 2 aromatic heterocycles. The second kappa shape index (κ2) is 8.81. The van der Waals surface area contributed by atoms with E-state index < -0.39 is 5.97 Å². The van der Waals surface area contributed by atoms with E-state index in [-0.39, 0.29) is 0 Å². The Bertz CT molecular complexity index is 991. The highest BCUT2D eigenvalue weighted by Gasteiger charge is 2.27. The molecule has 0 spiro atoms. The van der Waals surface area contributed by atoms with Gasteiger partial charge < -0.3 is 9.67 Å². The van der Waals surface area contributed by atoms with Gasteiger partial charge in [-0.2, -0.15) is 0 Å². The minimum Gasteiger partial charge on any atom is -0.478 e. The molecule has 3 aromatic rings. The monoisotopic (exact) mass is 390 g/mol. The quantitative estimate of drug-likeness (QED) is 0.490. The van der Waals surface area contributed by atoms with Crippen LogP contribution in [0.15, 0.2) is 42.7 Å². The number of carboxylic acids is 1. The molecule has 2 heterocycles. The van der Waals surface area contributed by atoms with Crippen LogP contribution in [0.1, 0.15) is 72.6 Å². The first kappa shape index (κ1) is 19.7. The molecular formula is C25H30N2O2. The number of benzene rings is 1. The van der Waals surface area contributed by atoms with Gasteiger partial charge in [0.15, 0.2) is 0 Å². The number of hydrogen-bond donors (Lipinski definition) is 1. The topological polar surface area (TPSA) is 55.1 Å². The number of para-hydroxylation sites is 1. The highest BCUT2D eigenvalue weighted by Crippen LogP contribution is 2.37. The first-order chi connectivity index (χ1) is 14.2. The number of carbonyl (C=O) groups is 1. The number of aromatic carboxylic acids is 1. The molecule has 1 N–H and O–H groups in total. The Morgan fingerprint density at radius 3 is 2.86 bits per heavy atom. The first-order valence-electron chi connectivity index (χ1n) is 10.9. The normalized spacial score (nSPS) is 16.1. The maximum absolute atomic E-state index is 12.0. The molecule has 0 bridgehead atoms. The summed E-state index contributed by atoms with van der Waals surface area (Å²) >= 11 is 0. The van der Waals surface area contributed by atoms with Gasteiger partial charge in [-0.15, -0.1) is 0 Å². The third-order valence-corrected chi connectivity index (χ3v) is 6.35. The lowest BCUT2D eigenvalue weighted by Gasteiger charge is -2.24. The van der Waals surface area contributed by atoms with E-state index in [4.69, 9.17) is 0 Å². The second-order valence-corrected chi connectivity index (χ2v) is 8.34. The number of aryl methyl sites for hydroxylation is 1. The van der Waals surface area contributed by atoms with Crippen molar-refractivity contribution in [3.8, 4) is 0 Å². The van der Waals surface area contributed by atoms with E-state index in [0.29, 0.717) is 18.0 Å². The van der Waals surface area contributed by atoms with E-state index in [2.05, 4.69) is 28.6 Å². The lowest BCUT2D eigenvalue weighted by molar-refractivity contribution is 0.0698. The van der Waals surface area contributed by atoms with Gasteiger partial charge in [-0.25, -0.2) is 4.79 Å². The molecule has 1 aliphatic rings. The summed E-state index contributed by atoms with van der Waals surface area (Å²) in [5, 5.41) is 10.9. The minimum atomic E-state index is -0.853. The van der Waals surface area contributed by atoms with Crippen LogP contribution in [0.2, 0.25) is 0 Å². The lowest BCUT2D eigenvalue weighted by Crippen LogP contribution is -2.17. The summed E-state index contributed by atoms with van der Waals surface area (Å²) in [5.74, 6) is -0.154. The predicted octanol–water partition coefficient (Wildman–Crippen LogP) is 5.86. The van der Waals surface area contributed by atoms with E-state index in [1.165, 1.54) is 49.8 Å². The molecule has 1 aliphatic carbocycles. The third-order valence-electron chi connectivity index (χ3n) is 6.35. The molecule has 0 amide bonds. The van der Waals surface area contributed by atoms with Crippen molar-refractivity contribution in [1.82, 2.24) is 9.55 Å². The molecule has 1 aromatic carbocycles. The van der Waals surface area contributed by atoms with Gasteiger partial charge in [-0.1, -0.05) is 57.2 Å². The first-order valence-corrected chi connectivity index (χ1v) is 10.9. The molecule has 4 heteroatoms. The Morgan fingerprint density at radius 1 is 1.21 bits per heavy atom. The molecule has 0 fully saturated rings. The van der Waals surface area contributed by atoms with Gasteiger partial charge in [0, 0.05) is 30.0 Å². The van der Waals surface area contributed by atoms with Gasteiger partial charge in [0.2, 0.25) is 0 Å². The summed E-state index contributed by atoms with van der Waals surface area (Å²) in [6, 6.07) is 9.74. The maximum atomic E-state index is 12.0. The van der Waals surface area contributed by atoms with Gasteiger partial charge in [0.25, 0.3) is 0 Å². The van der Waals surface area contributed by atoms with E-state index in [9.17, 15) is 9.90 Å². The molecule has 0 saturated heterocycles. The SMILES string of the molecule is CCCCCCC1CCc2c(n(Cc3cccnc3)c3c(C(=O)O)cccc23)C1. The Hall–Kier alpha value is -2.62. The second-order valence-electron chi connectivity index (χ2n) is 8.34. The largest absolute Gasteiger partial charge is 0.478 e. The van der Waals surface area contributed by atoms with Crippen molar-refractivity contribution in [3.05, 3.63) is 65.1 Å². The van der Waals surface area contributed by atoms with Gasteiger partial charge >= 0.3 is 5.97 Å². The van der Waals surface area contributed by atoms with Crippen LogP contribution in [-0.2, 0) is 19.4 Å². The number of nitrogens with zero attached hydrogens (tertiary/aromatic N) is 2. The van der Waals surface area contributed by atoms with Gasteiger partial charge in [-0.3, -0.25) is 4.98 Å². The van der Waals surface area contributed by atoms with E-state index >= 15 is 0 Å². The summed E-state index contributed by atoms with van der Waals surface area (Å²) in [6.45, 7) is 2.93. The maximum Gasteiger partial charge on any atom is 0.337 e. The van der Waals surface area contributed by atoms with Crippen molar-refractivity contribution >= 4 is 16.9 Å². The molecular weight excluding hydrogens is 360 g/mol. The fraction of sp³-hybridized carbons (Fsp3) is 0.440. The zero-order valence-corrected chi connectivity index (χ0v) is 17.2. The van der Waals surface area contributed by atoms with Gasteiger partial charge in [0.1, 0.15) is 0 Å². The Labute approximate surface area is 172 Å². The number of unbranched alkanes of at least 4 members (excludes halogenated alkanes) is 3. The van der Waals surface area contributed by atoms with Crippen LogP contribution in [0, 0.1) is 5.92 Å². The number of hydrogen-bond acceptors (Lipinski definition) is 2. The summed E-state index contributed by atoms with van der Waals surface area (Å²) < 4.78 is 2.27. The van der Waals surface area contributed by atoms with Crippen molar-refractivity contribution in [2.75, 3.05) is 0 Å². The summed E-state index contributed by atoms with van der Waals surface area (Å²) in [4.78, 5) is 16.2. The smallest absolute Gasteiger partial charge is 0.337 e. The van der Waals surface area contributed by atoms with Crippen molar-refractivity contribution in [1.29, 1.82) is 0 Å². The summed E-state index contributed by atoms with van der Waals surface area (Å²) in [5.41, 5.74) is 5.08. The van der Waals surface area contributed by atoms with Crippen LogP contribution >= 0.6 is 0 Å². The Kier molecular flexibility index (Phi) is 5.98. The zero-order valence-electron chi connectivity index (χ0n) is 17.2. The number of aromatic nitrogens is 2. The minimum absolute atomic E-state index is 0.403. The lowest BCUT2D eigenvalue weighted by atomic mass is 9.83. The third kappa shape index (κ3) is 4.07. The van der Waals surface area contributed by atoms with Crippen LogP contribution in [0.3, 0.4) is 0 Å². The zero-order chi connectivity index (χ0) is 20.2. The molecule has 4 nitrogen and oxygen atoms in total. The number of pyridine rings is 1. The van der Waals surface area contributed by atoms with Gasteiger partial charge in [-0.05, 0) is 48.4 Å². The van der Waals surface area contributed by atoms with Crippen molar-refractivity contribution in [2.45, 2.75) is 64.8 Å². The standard InChI is InChI=1S/C25H30N2O2/c1-2-3-4-5-8-18-12-13-20-21-10-6-11-22(25(28)29)24(21)27(23(20)15-18)17-19-9-7-14-26-16-19/h6-7,9-11,14,16,18H,2-5,8,12-13,15,17H2,1H3,(H,28,29). The summed E-state index contributed by atoms with van der Waals surface area (Å²) in [7, 11) is 0. The van der Waals surface area contributed by atoms with Gasteiger partial charge in [0.05, 0.1) is 11.1 Å². The van der Waals surface area contributed by atoms with Crippen molar-refractivity contribution in [3.63, 3.8) is 0 Å². The summed E-state index contributed by atoms with van der Waals surface area (Å²) in [6.07, 6.45) is 13.5. The predicted molar refractivity (Wildman–Crippen MR) is 117 cm³/mol. The van der Waals surface area contributed by atoms with Crippen molar-refractivity contribution in [2.24, 2.45) is 5.92 Å². The highest BCUT2D eigenvalue weighted by molar-refractivity contribution is 6.04. The highest BCUT2D eigenvalue weighted by atomic mass is 16.4. The fourth-order valence-corrected chi connectivity index (χ4v) is 4.89. The molecule has 1 unspecified atom stereocenters. The molecule has 0 saturated carbocycles. The van der Waals surface area contributed by atoms with Crippen LogP contribution in [0.25, 0.3) is 10.9 Å². The van der Waals surface area contributed by atoms with Crippen LogP contribution in [-0.4, -0.2) is 20.6 Å². The van der Waals surface area contributed by atoms with Crippen LogP contribution in [0.5, 0.6) is 0 Å². The Balaban J connectivity index is 1.73. The van der Waals surface area contributed by atoms with E-state index in [0.717, 1.165) is 29.3 Å². The number of rotatable bonds is 8. The Morgan fingerprint density at radius 2 is 2.10 bits per heavy atom.